The van der Waals surface area contributed by atoms with Crippen LogP contribution in [0.25, 0.3) is 22.2 Å². The van der Waals surface area contributed by atoms with Crippen LogP contribution < -0.4 is 4.90 Å². The lowest BCUT2D eigenvalue weighted by Gasteiger charge is -2.56. The van der Waals surface area contributed by atoms with Gasteiger partial charge < -0.3 is 4.90 Å². The number of rotatable bonds is 7. The van der Waals surface area contributed by atoms with E-state index in [4.69, 9.17) is 9.97 Å². The molecule has 216 valence electrons. The van der Waals surface area contributed by atoms with Crippen LogP contribution in [0.5, 0.6) is 0 Å². The number of fused-ring (bicyclic) bond motifs is 3. The molecule has 2 atom stereocenters. The zero-order valence-electron chi connectivity index (χ0n) is 23.7. The van der Waals surface area contributed by atoms with E-state index in [1.165, 1.54) is 18.8 Å². The van der Waals surface area contributed by atoms with E-state index in [1.54, 1.807) is 35.5 Å². The molecule has 4 aromatic heterocycles. The molecule has 0 aliphatic carbocycles. The molecule has 3 fully saturated rings. The van der Waals surface area contributed by atoms with Crippen LogP contribution in [0.15, 0.2) is 83.7 Å². The molecule has 3 saturated heterocycles. The van der Waals surface area contributed by atoms with Crippen molar-refractivity contribution in [2.45, 2.75) is 43.5 Å². The molecule has 8 rings (SSSR count). The van der Waals surface area contributed by atoms with Gasteiger partial charge in [-0.3, -0.25) is 9.80 Å². The van der Waals surface area contributed by atoms with Crippen molar-refractivity contribution in [2.75, 3.05) is 24.2 Å². The van der Waals surface area contributed by atoms with Crippen LogP contribution in [0.4, 0.5) is 14.6 Å². The Hall–Kier alpha value is -4.49. The number of allylic oxidation sites excluding steroid dienone is 2. The van der Waals surface area contributed by atoms with Crippen molar-refractivity contribution in [1.82, 2.24) is 29.4 Å². The quantitative estimate of drug-likeness (QED) is 0.151. The highest BCUT2D eigenvalue weighted by molar-refractivity contribution is 7.98. The molecule has 8 nitrogen and oxygen atoms in total. The number of pyridine rings is 3. The number of alkyl halides is 2. The number of halogens is 2. The van der Waals surface area contributed by atoms with E-state index in [9.17, 15) is 14.0 Å². The molecular weight excluding hydrogens is 566 g/mol. The van der Waals surface area contributed by atoms with Crippen molar-refractivity contribution >= 4 is 28.7 Å². The summed E-state index contributed by atoms with van der Waals surface area (Å²) < 4.78 is 28.8. The minimum Gasteiger partial charge on any atom is -0.353 e. The Labute approximate surface area is 252 Å². The van der Waals surface area contributed by atoms with Crippen LogP contribution in [0, 0.1) is 11.3 Å². The fourth-order valence-electron chi connectivity index (χ4n) is 6.19. The Bertz CT molecular complexity index is 1840. The first kappa shape index (κ1) is 27.3. The normalized spacial score (nSPS) is 19.8. The first-order valence-corrected chi connectivity index (χ1v) is 15.2. The Balaban J connectivity index is 1.15. The van der Waals surface area contributed by atoms with Crippen LogP contribution in [-0.2, 0) is 6.54 Å². The second kappa shape index (κ2) is 11.0. The van der Waals surface area contributed by atoms with Gasteiger partial charge in [-0.15, -0.1) is 11.8 Å². The largest absolute Gasteiger partial charge is 0.353 e. The number of anilines is 1. The number of hydrogen-bond donors (Lipinski definition) is 0. The summed E-state index contributed by atoms with van der Waals surface area (Å²) in [5, 5.41) is 15.2. The third kappa shape index (κ3) is 4.97. The minimum atomic E-state index is -2.68. The lowest BCUT2D eigenvalue weighted by atomic mass is 9.87. The lowest BCUT2D eigenvalue weighted by molar-refractivity contribution is -0.00979. The van der Waals surface area contributed by atoms with Crippen LogP contribution in [-0.4, -0.2) is 67.4 Å². The highest BCUT2D eigenvalue weighted by atomic mass is 32.2. The predicted molar refractivity (Wildman–Crippen MR) is 162 cm³/mol. The average molecular weight is 595 g/mol. The predicted octanol–water partition coefficient (Wildman–Crippen LogP) is 5.79. The van der Waals surface area contributed by atoms with Gasteiger partial charge in [0.05, 0.1) is 33.7 Å². The summed E-state index contributed by atoms with van der Waals surface area (Å²) in [5.74, 6) is 0.910. The van der Waals surface area contributed by atoms with E-state index in [-0.39, 0.29) is 0 Å². The molecular formula is C32H28F2N8S. The van der Waals surface area contributed by atoms with Crippen LogP contribution in [0.2, 0.25) is 0 Å². The highest BCUT2D eigenvalue weighted by Crippen LogP contribution is 2.37. The van der Waals surface area contributed by atoms with Crippen LogP contribution >= 0.6 is 11.8 Å². The lowest BCUT2D eigenvalue weighted by Crippen LogP contribution is -2.68. The summed E-state index contributed by atoms with van der Waals surface area (Å²) >= 11 is 1.66. The second-order valence-electron chi connectivity index (χ2n) is 10.9. The maximum Gasteiger partial charge on any atom is 0.319 e. The summed E-state index contributed by atoms with van der Waals surface area (Å²) in [6, 6.07) is 15.3. The summed E-state index contributed by atoms with van der Waals surface area (Å²) in [6.45, 7) is 1.58. The third-order valence-electron chi connectivity index (χ3n) is 8.44. The van der Waals surface area contributed by atoms with Gasteiger partial charge in [0.25, 0.3) is 0 Å². The summed E-state index contributed by atoms with van der Waals surface area (Å²) in [5.41, 5.74) is 8.25. The first-order chi connectivity index (χ1) is 20.9. The molecule has 0 amide bonds. The van der Waals surface area contributed by atoms with Crippen molar-refractivity contribution in [3.63, 3.8) is 0 Å². The molecule has 4 aliphatic heterocycles. The average Bonchev–Trinajstić information content (AvgIpc) is 3.47. The van der Waals surface area contributed by atoms with Crippen molar-refractivity contribution < 1.29 is 8.78 Å². The van der Waals surface area contributed by atoms with E-state index in [1.807, 2.05) is 36.7 Å². The Morgan fingerprint density at radius 2 is 1.98 bits per heavy atom. The molecule has 0 radical (unpaired) electrons. The summed E-state index contributed by atoms with van der Waals surface area (Å²) in [6.07, 6.45) is 11.4. The third-order valence-corrected chi connectivity index (χ3v) is 9.09. The van der Waals surface area contributed by atoms with Crippen LogP contribution in [0.3, 0.4) is 0 Å². The zero-order valence-corrected chi connectivity index (χ0v) is 24.5. The van der Waals surface area contributed by atoms with E-state index in [2.05, 4.69) is 38.8 Å². The Morgan fingerprint density at radius 1 is 1.14 bits per heavy atom. The maximum absolute atomic E-state index is 13.6. The van der Waals surface area contributed by atoms with Crippen molar-refractivity contribution in [2.24, 2.45) is 0 Å². The molecule has 0 N–H and O–H groups in total. The fraction of sp³-hybridized carbons (Fsp3) is 0.281. The van der Waals surface area contributed by atoms with Gasteiger partial charge in [0.2, 0.25) is 0 Å². The number of piperazine rings is 1. The van der Waals surface area contributed by atoms with E-state index >= 15 is 0 Å². The van der Waals surface area contributed by atoms with E-state index in [0.717, 1.165) is 52.2 Å². The van der Waals surface area contributed by atoms with Gasteiger partial charge in [-0.25, -0.2) is 14.5 Å². The second-order valence-corrected chi connectivity index (χ2v) is 11.8. The van der Waals surface area contributed by atoms with Crippen molar-refractivity contribution in [1.29, 1.82) is 5.26 Å². The van der Waals surface area contributed by atoms with Crippen molar-refractivity contribution in [3.8, 4) is 17.2 Å². The number of thioether (sulfide) groups is 1. The highest BCUT2D eigenvalue weighted by Gasteiger charge is 2.44. The van der Waals surface area contributed by atoms with E-state index < -0.39 is 6.55 Å². The number of hydrogen-bond acceptors (Lipinski definition) is 8. The molecule has 0 saturated carbocycles. The van der Waals surface area contributed by atoms with Crippen molar-refractivity contribution in [3.05, 3.63) is 95.5 Å². The molecule has 11 heteroatoms. The standard InChI is InChI=1S/C32H28F2N8S/c1-20-6-7-22(15-40(20)32(33)34)23-10-28(31-24(12-35)14-37-42(31)16-23)21-8-9-29(36-13-21)39-18-26-11-27(19-39)41(26)17-25-4-3-5-30(38-25)43-2/h3-5,7-10,13-16,26-27,32H,11,17-19H2,1-2H3. The SMILES string of the molecule is CSc1cccc(CN2C3CC2CN(c2ccc(-c4cc(C5=CN(C(F)F)C(C)=C=C5)cn5ncc(C#N)c45)cn2)C3)n1. The number of nitrogens with zero attached hydrogens (tertiary/aromatic N) is 8. The van der Waals surface area contributed by atoms with Gasteiger partial charge in [0.15, 0.2) is 0 Å². The van der Waals surface area contributed by atoms with Gasteiger partial charge in [0, 0.05) is 72.6 Å². The summed E-state index contributed by atoms with van der Waals surface area (Å²) in [7, 11) is 0. The molecule has 2 unspecified atom stereocenters. The smallest absolute Gasteiger partial charge is 0.319 e. The van der Waals surface area contributed by atoms with Crippen LogP contribution in [0.1, 0.15) is 30.2 Å². The molecule has 4 aliphatic rings. The topological polar surface area (TPSA) is 76.6 Å². The zero-order chi connectivity index (χ0) is 29.7. The Kier molecular flexibility index (Phi) is 6.98. The van der Waals surface area contributed by atoms with Gasteiger partial charge in [-0.2, -0.15) is 19.1 Å². The monoisotopic (exact) mass is 594 g/mol. The number of piperidine rings is 1. The Morgan fingerprint density at radius 3 is 2.70 bits per heavy atom. The maximum atomic E-state index is 13.6. The minimum absolute atomic E-state index is 0.339. The van der Waals surface area contributed by atoms with Gasteiger partial charge in [0.1, 0.15) is 11.9 Å². The van der Waals surface area contributed by atoms with Gasteiger partial charge >= 0.3 is 6.55 Å². The number of aromatic nitrogens is 4. The van der Waals surface area contributed by atoms with E-state index in [0.29, 0.717) is 40.0 Å². The molecule has 0 aromatic carbocycles. The van der Waals surface area contributed by atoms with Gasteiger partial charge in [-0.05, 0) is 56.0 Å². The first-order valence-electron chi connectivity index (χ1n) is 14.0. The molecule has 2 bridgehead atoms. The fourth-order valence-corrected chi connectivity index (χ4v) is 6.62. The molecule has 0 spiro atoms. The number of nitriles is 1. The van der Waals surface area contributed by atoms with Gasteiger partial charge in [-0.1, -0.05) is 11.8 Å². The molecule has 4 aromatic rings. The molecule has 43 heavy (non-hydrogen) atoms. The summed E-state index contributed by atoms with van der Waals surface area (Å²) in [4.78, 5) is 15.4. The molecule has 8 heterocycles.